The van der Waals surface area contributed by atoms with Crippen LogP contribution < -0.4 is 5.32 Å². The SMILES string of the molecule is CCC(Sc1nc2ncccc2[nH]1)C(=O)Nc1cccc(C)c1C. The van der Waals surface area contributed by atoms with Crippen molar-refractivity contribution in [1.82, 2.24) is 15.0 Å². The first kappa shape index (κ1) is 16.5. The van der Waals surface area contributed by atoms with Gasteiger partial charge in [0.2, 0.25) is 5.91 Å². The maximum absolute atomic E-state index is 12.6. The van der Waals surface area contributed by atoms with Gasteiger partial charge in [-0.3, -0.25) is 4.79 Å². The molecule has 0 bridgehead atoms. The Labute approximate surface area is 145 Å². The molecule has 5 nitrogen and oxygen atoms in total. The van der Waals surface area contributed by atoms with E-state index in [0.29, 0.717) is 17.2 Å². The Morgan fingerprint density at radius 1 is 1.29 bits per heavy atom. The lowest BCUT2D eigenvalue weighted by Crippen LogP contribution is -2.25. The molecular formula is C18H20N4OS. The molecule has 1 unspecified atom stereocenters. The maximum Gasteiger partial charge on any atom is 0.237 e. The largest absolute Gasteiger partial charge is 0.332 e. The molecule has 3 rings (SSSR count). The number of aryl methyl sites for hydroxylation is 1. The van der Waals surface area contributed by atoms with Crippen molar-refractivity contribution in [3.63, 3.8) is 0 Å². The number of aromatic amines is 1. The molecule has 1 amide bonds. The minimum Gasteiger partial charge on any atom is -0.332 e. The minimum absolute atomic E-state index is 0.00962. The molecular weight excluding hydrogens is 320 g/mol. The van der Waals surface area contributed by atoms with E-state index in [9.17, 15) is 4.79 Å². The molecule has 2 N–H and O–H groups in total. The number of nitrogens with zero attached hydrogens (tertiary/aromatic N) is 2. The molecule has 3 aromatic rings. The average molecular weight is 340 g/mol. The predicted molar refractivity (Wildman–Crippen MR) is 98.4 cm³/mol. The summed E-state index contributed by atoms with van der Waals surface area (Å²) >= 11 is 1.43. The van der Waals surface area contributed by atoms with Gasteiger partial charge in [-0.1, -0.05) is 30.8 Å². The molecule has 1 atom stereocenters. The van der Waals surface area contributed by atoms with Crippen molar-refractivity contribution in [2.75, 3.05) is 5.32 Å². The summed E-state index contributed by atoms with van der Waals surface area (Å²) in [7, 11) is 0. The smallest absolute Gasteiger partial charge is 0.237 e. The molecule has 1 aromatic carbocycles. The number of carbonyl (C=O) groups is 1. The Hall–Kier alpha value is -2.34. The van der Waals surface area contributed by atoms with E-state index in [1.807, 2.05) is 51.1 Å². The van der Waals surface area contributed by atoms with E-state index in [1.54, 1.807) is 6.20 Å². The highest BCUT2D eigenvalue weighted by molar-refractivity contribution is 8.00. The number of anilines is 1. The Morgan fingerprint density at radius 3 is 2.88 bits per heavy atom. The average Bonchev–Trinajstić information content (AvgIpc) is 2.99. The molecule has 0 radical (unpaired) electrons. The van der Waals surface area contributed by atoms with Crippen LogP contribution in [0.3, 0.4) is 0 Å². The number of rotatable bonds is 5. The first-order chi connectivity index (χ1) is 11.6. The molecule has 0 spiro atoms. The van der Waals surface area contributed by atoms with Gasteiger partial charge in [0.25, 0.3) is 0 Å². The zero-order chi connectivity index (χ0) is 17.1. The summed E-state index contributed by atoms with van der Waals surface area (Å²) in [5.74, 6) is -0.00962. The second-order valence-electron chi connectivity index (χ2n) is 5.67. The lowest BCUT2D eigenvalue weighted by molar-refractivity contribution is -0.115. The molecule has 2 heterocycles. The van der Waals surface area contributed by atoms with Gasteiger partial charge in [-0.05, 0) is 49.6 Å². The number of benzene rings is 1. The van der Waals surface area contributed by atoms with Crippen molar-refractivity contribution in [3.05, 3.63) is 47.7 Å². The number of hydrogen-bond acceptors (Lipinski definition) is 4. The number of amides is 1. The van der Waals surface area contributed by atoms with Gasteiger partial charge < -0.3 is 10.3 Å². The first-order valence-electron chi connectivity index (χ1n) is 7.93. The van der Waals surface area contributed by atoms with Crippen molar-refractivity contribution >= 4 is 34.5 Å². The molecule has 124 valence electrons. The quantitative estimate of drug-likeness (QED) is 0.687. The van der Waals surface area contributed by atoms with Crippen molar-refractivity contribution in [1.29, 1.82) is 0 Å². The molecule has 0 saturated carbocycles. The molecule has 2 aromatic heterocycles. The van der Waals surface area contributed by atoms with E-state index < -0.39 is 0 Å². The molecule has 0 aliphatic rings. The van der Waals surface area contributed by atoms with Crippen molar-refractivity contribution < 1.29 is 4.79 Å². The monoisotopic (exact) mass is 340 g/mol. The Morgan fingerprint density at radius 2 is 2.12 bits per heavy atom. The highest BCUT2D eigenvalue weighted by Crippen LogP contribution is 2.26. The van der Waals surface area contributed by atoms with Crippen molar-refractivity contribution in [2.45, 2.75) is 37.6 Å². The first-order valence-corrected chi connectivity index (χ1v) is 8.81. The highest BCUT2D eigenvalue weighted by atomic mass is 32.2. The lowest BCUT2D eigenvalue weighted by atomic mass is 10.1. The number of thioether (sulfide) groups is 1. The minimum atomic E-state index is -0.217. The van der Waals surface area contributed by atoms with E-state index in [2.05, 4.69) is 20.3 Å². The van der Waals surface area contributed by atoms with E-state index in [-0.39, 0.29) is 11.2 Å². The summed E-state index contributed by atoms with van der Waals surface area (Å²) in [6.07, 6.45) is 2.42. The van der Waals surface area contributed by atoms with E-state index >= 15 is 0 Å². The van der Waals surface area contributed by atoms with Gasteiger partial charge in [0.1, 0.15) is 0 Å². The normalized spacial score (nSPS) is 12.3. The van der Waals surface area contributed by atoms with E-state index in [1.165, 1.54) is 11.8 Å². The Balaban J connectivity index is 1.75. The fourth-order valence-corrected chi connectivity index (χ4v) is 3.35. The zero-order valence-corrected chi connectivity index (χ0v) is 14.8. The highest BCUT2D eigenvalue weighted by Gasteiger charge is 2.20. The summed E-state index contributed by atoms with van der Waals surface area (Å²) in [5, 5.41) is 3.54. The van der Waals surface area contributed by atoms with Crippen molar-refractivity contribution in [3.8, 4) is 0 Å². The molecule has 24 heavy (non-hydrogen) atoms. The van der Waals surface area contributed by atoms with Gasteiger partial charge in [0.15, 0.2) is 10.8 Å². The van der Waals surface area contributed by atoms with Crippen LogP contribution in [0, 0.1) is 13.8 Å². The van der Waals surface area contributed by atoms with E-state index in [0.717, 1.165) is 22.3 Å². The van der Waals surface area contributed by atoms with Gasteiger partial charge in [0.05, 0.1) is 10.8 Å². The second kappa shape index (κ2) is 7.05. The summed E-state index contributed by atoms with van der Waals surface area (Å²) in [6, 6.07) is 9.72. The maximum atomic E-state index is 12.6. The summed E-state index contributed by atoms with van der Waals surface area (Å²) in [6.45, 7) is 6.06. The number of carbonyl (C=O) groups excluding carboxylic acids is 1. The number of hydrogen-bond donors (Lipinski definition) is 2. The molecule has 6 heteroatoms. The van der Waals surface area contributed by atoms with Crippen LogP contribution in [-0.2, 0) is 4.79 Å². The van der Waals surface area contributed by atoms with Crippen LogP contribution in [0.1, 0.15) is 24.5 Å². The predicted octanol–water partition coefficient (Wildman–Crippen LogP) is 4.08. The zero-order valence-electron chi connectivity index (χ0n) is 14.0. The molecule has 0 saturated heterocycles. The fraction of sp³-hybridized carbons (Fsp3) is 0.278. The van der Waals surface area contributed by atoms with Crippen LogP contribution in [0.25, 0.3) is 11.2 Å². The number of pyridine rings is 1. The fourth-order valence-electron chi connectivity index (χ4n) is 2.44. The molecule has 0 aliphatic carbocycles. The summed E-state index contributed by atoms with van der Waals surface area (Å²) in [5.41, 5.74) is 4.68. The second-order valence-corrected chi connectivity index (χ2v) is 6.86. The number of imidazole rings is 1. The van der Waals surface area contributed by atoms with Gasteiger partial charge >= 0.3 is 0 Å². The van der Waals surface area contributed by atoms with Crippen LogP contribution >= 0.6 is 11.8 Å². The summed E-state index contributed by atoms with van der Waals surface area (Å²) < 4.78 is 0. The lowest BCUT2D eigenvalue weighted by Gasteiger charge is -2.15. The number of nitrogens with one attached hydrogen (secondary N) is 2. The van der Waals surface area contributed by atoms with Crippen LogP contribution in [0.15, 0.2) is 41.7 Å². The van der Waals surface area contributed by atoms with Gasteiger partial charge in [-0.25, -0.2) is 9.97 Å². The van der Waals surface area contributed by atoms with Crippen LogP contribution in [0.5, 0.6) is 0 Å². The third-order valence-corrected chi connectivity index (χ3v) is 5.26. The number of H-pyrrole nitrogens is 1. The van der Waals surface area contributed by atoms with Gasteiger partial charge in [-0.2, -0.15) is 0 Å². The van der Waals surface area contributed by atoms with Crippen LogP contribution in [-0.4, -0.2) is 26.1 Å². The standard InChI is InChI=1S/C18H20N4OS/c1-4-15(17(23)20-13-8-5-7-11(2)12(13)3)24-18-21-14-9-6-10-19-16(14)22-18/h5-10,15H,4H2,1-3H3,(H,20,23)(H,19,21,22). The Bertz CT molecular complexity index is 841. The van der Waals surface area contributed by atoms with Gasteiger partial charge in [0, 0.05) is 11.9 Å². The summed E-state index contributed by atoms with van der Waals surface area (Å²) in [4.78, 5) is 24.5. The number of aromatic nitrogens is 3. The third kappa shape index (κ3) is 3.43. The Kier molecular flexibility index (Phi) is 4.85. The van der Waals surface area contributed by atoms with Crippen molar-refractivity contribution in [2.24, 2.45) is 0 Å². The topological polar surface area (TPSA) is 70.7 Å². The third-order valence-electron chi connectivity index (χ3n) is 4.02. The number of fused-ring (bicyclic) bond motifs is 1. The van der Waals surface area contributed by atoms with Crippen LogP contribution in [0.2, 0.25) is 0 Å². The van der Waals surface area contributed by atoms with Crippen LogP contribution in [0.4, 0.5) is 5.69 Å². The molecule has 0 aliphatic heterocycles. The molecule has 0 fully saturated rings. The van der Waals surface area contributed by atoms with E-state index in [4.69, 9.17) is 0 Å². The van der Waals surface area contributed by atoms with Gasteiger partial charge in [-0.15, -0.1) is 0 Å².